The molecule has 0 unspecified atom stereocenters. The van der Waals surface area contributed by atoms with E-state index in [9.17, 15) is 4.79 Å². The third-order valence-corrected chi connectivity index (χ3v) is 3.10. The number of nitrogens with zero attached hydrogens (tertiary/aromatic N) is 1. The highest BCUT2D eigenvalue weighted by molar-refractivity contribution is 5.87. The van der Waals surface area contributed by atoms with Crippen LogP contribution in [0, 0.1) is 0 Å². The summed E-state index contributed by atoms with van der Waals surface area (Å²) in [6.07, 6.45) is 2.79. The minimum Gasteiger partial charge on any atom is -0.349 e. The summed E-state index contributed by atoms with van der Waals surface area (Å²) in [6, 6.07) is 0.332. The Morgan fingerprint density at radius 3 is 2.54 bits per heavy atom. The highest BCUT2D eigenvalue weighted by atomic mass is 16.2. The zero-order valence-electron chi connectivity index (χ0n) is 8.05. The maximum Gasteiger partial charge on any atom is 0.240 e. The lowest BCUT2D eigenvalue weighted by Gasteiger charge is -2.41. The lowest BCUT2D eigenvalue weighted by molar-refractivity contribution is -0.131. The molecule has 0 radical (unpaired) electrons. The Bertz CT molecular complexity index is 219. The van der Waals surface area contributed by atoms with Crippen LogP contribution in [0.25, 0.3) is 0 Å². The van der Waals surface area contributed by atoms with E-state index in [0.717, 1.165) is 32.4 Å². The molecule has 1 aliphatic heterocycles. The fourth-order valence-electron chi connectivity index (χ4n) is 1.90. The van der Waals surface area contributed by atoms with Gasteiger partial charge in [-0.1, -0.05) is 0 Å². The van der Waals surface area contributed by atoms with Crippen molar-refractivity contribution in [3.63, 3.8) is 0 Å². The van der Waals surface area contributed by atoms with Gasteiger partial charge in [0.05, 0.1) is 11.6 Å². The van der Waals surface area contributed by atoms with E-state index in [2.05, 4.69) is 10.2 Å². The maximum atomic E-state index is 11.6. The Kier molecular flexibility index (Phi) is 2.04. The Morgan fingerprint density at radius 2 is 2.15 bits per heavy atom. The third-order valence-electron chi connectivity index (χ3n) is 3.10. The number of nitrogens with two attached hydrogens (primary N) is 1. The molecule has 2 aliphatic rings. The average Bonchev–Trinajstić information content (AvgIpc) is 1.97. The van der Waals surface area contributed by atoms with E-state index < -0.39 is 5.54 Å². The largest absolute Gasteiger partial charge is 0.349 e. The molecular formula is C9H17N3O. The Morgan fingerprint density at radius 1 is 1.54 bits per heavy atom. The van der Waals surface area contributed by atoms with Crippen LogP contribution in [-0.2, 0) is 4.79 Å². The number of rotatable bonds is 2. The highest BCUT2D eigenvalue weighted by Crippen LogP contribution is 2.29. The number of nitrogens with one attached hydrogen (secondary N) is 1. The molecule has 74 valence electrons. The third kappa shape index (κ3) is 1.56. The minimum atomic E-state index is -0.534. The van der Waals surface area contributed by atoms with E-state index in [1.807, 2.05) is 7.05 Å². The molecule has 2 rings (SSSR count). The number of likely N-dealkylation sites (N-methyl/N-ethyl adjacent to an activating group) is 1. The normalized spacial score (nSPS) is 27.5. The van der Waals surface area contributed by atoms with Gasteiger partial charge in [-0.15, -0.1) is 0 Å². The molecule has 0 aromatic heterocycles. The smallest absolute Gasteiger partial charge is 0.240 e. The van der Waals surface area contributed by atoms with Crippen LogP contribution in [0.5, 0.6) is 0 Å². The molecular weight excluding hydrogens is 166 g/mol. The first-order valence-corrected chi connectivity index (χ1v) is 4.88. The first kappa shape index (κ1) is 8.97. The Balaban J connectivity index is 1.78. The van der Waals surface area contributed by atoms with Crippen molar-refractivity contribution < 1.29 is 4.79 Å². The molecule has 1 heterocycles. The number of hydrogen-bond acceptors (Lipinski definition) is 3. The van der Waals surface area contributed by atoms with E-state index in [1.165, 1.54) is 0 Å². The van der Waals surface area contributed by atoms with Gasteiger partial charge in [-0.25, -0.2) is 0 Å². The molecule has 0 aromatic carbocycles. The van der Waals surface area contributed by atoms with Gasteiger partial charge in [0.1, 0.15) is 0 Å². The second kappa shape index (κ2) is 2.96. The summed E-state index contributed by atoms with van der Waals surface area (Å²) < 4.78 is 0. The van der Waals surface area contributed by atoms with Crippen LogP contribution in [0.2, 0.25) is 0 Å². The van der Waals surface area contributed by atoms with E-state index in [0.29, 0.717) is 6.04 Å². The van der Waals surface area contributed by atoms with E-state index in [1.54, 1.807) is 0 Å². The summed E-state index contributed by atoms with van der Waals surface area (Å²) in [4.78, 5) is 13.8. The molecule has 0 bridgehead atoms. The van der Waals surface area contributed by atoms with Crippen LogP contribution in [0.15, 0.2) is 0 Å². The van der Waals surface area contributed by atoms with Crippen molar-refractivity contribution in [3.8, 4) is 0 Å². The Labute approximate surface area is 78.5 Å². The Hall–Kier alpha value is -0.610. The highest BCUT2D eigenvalue weighted by Gasteiger charge is 2.41. The fourth-order valence-corrected chi connectivity index (χ4v) is 1.90. The second-order valence-corrected chi connectivity index (χ2v) is 4.40. The molecule has 1 saturated heterocycles. The van der Waals surface area contributed by atoms with Crippen LogP contribution >= 0.6 is 0 Å². The summed E-state index contributed by atoms with van der Waals surface area (Å²) in [6.45, 7) is 1.92. The number of carbonyl (C=O) groups excluding carboxylic acids is 1. The molecule has 13 heavy (non-hydrogen) atoms. The predicted octanol–water partition coefficient (Wildman–Crippen LogP) is -0.702. The van der Waals surface area contributed by atoms with E-state index >= 15 is 0 Å². The molecule has 1 aliphatic carbocycles. The molecule has 0 atom stereocenters. The fraction of sp³-hybridized carbons (Fsp3) is 0.889. The minimum absolute atomic E-state index is 0.0526. The number of likely N-dealkylation sites (tertiary alicyclic amines) is 1. The number of amides is 1. The van der Waals surface area contributed by atoms with Gasteiger partial charge in [0.25, 0.3) is 0 Å². The lowest BCUT2D eigenvalue weighted by Crippen LogP contribution is -2.65. The average molecular weight is 183 g/mol. The van der Waals surface area contributed by atoms with Crippen molar-refractivity contribution in [2.45, 2.75) is 30.8 Å². The van der Waals surface area contributed by atoms with Gasteiger partial charge in [-0.05, 0) is 26.3 Å². The van der Waals surface area contributed by atoms with Crippen molar-refractivity contribution >= 4 is 5.91 Å². The number of carbonyl (C=O) groups is 1. The molecule has 3 N–H and O–H groups in total. The molecule has 1 saturated carbocycles. The van der Waals surface area contributed by atoms with Gasteiger partial charge < -0.3 is 16.0 Å². The van der Waals surface area contributed by atoms with Crippen molar-refractivity contribution in [2.75, 3.05) is 20.1 Å². The molecule has 1 amide bonds. The van der Waals surface area contributed by atoms with Crippen molar-refractivity contribution in [1.29, 1.82) is 0 Å². The maximum absolute atomic E-state index is 11.6. The zero-order chi connectivity index (χ0) is 9.47. The molecule has 0 spiro atoms. The SMILES string of the molecule is CN1CC(NC(=O)C2(N)CCC2)C1. The first-order chi connectivity index (χ1) is 6.10. The molecule has 4 heteroatoms. The predicted molar refractivity (Wildman–Crippen MR) is 50.2 cm³/mol. The molecule has 0 aromatic rings. The standard InChI is InChI=1S/C9H17N3O/c1-12-5-7(6-12)11-8(13)9(10)3-2-4-9/h7H,2-6,10H2,1H3,(H,11,13). The summed E-state index contributed by atoms with van der Waals surface area (Å²) >= 11 is 0. The quantitative estimate of drug-likeness (QED) is 0.595. The monoisotopic (exact) mass is 183 g/mol. The van der Waals surface area contributed by atoms with Gasteiger partial charge in [-0.2, -0.15) is 0 Å². The van der Waals surface area contributed by atoms with Gasteiger partial charge in [-0.3, -0.25) is 4.79 Å². The van der Waals surface area contributed by atoms with Gasteiger partial charge in [0.15, 0.2) is 0 Å². The topological polar surface area (TPSA) is 58.4 Å². The zero-order valence-corrected chi connectivity index (χ0v) is 8.05. The number of hydrogen-bond donors (Lipinski definition) is 2. The van der Waals surface area contributed by atoms with Crippen LogP contribution in [0.4, 0.5) is 0 Å². The van der Waals surface area contributed by atoms with E-state index in [4.69, 9.17) is 5.73 Å². The summed E-state index contributed by atoms with van der Waals surface area (Å²) in [7, 11) is 2.05. The summed E-state index contributed by atoms with van der Waals surface area (Å²) in [5, 5.41) is 2.98. The van der Waals surface area contributed by atoms with Gasteiger partial charge >= 0.3 is 0 Å². The van der Waals surface area contributed by atoms with Crippen molar-refractivity contribution in [1.82, 2.24) is 10.2 Å². The van der Waals surface area contributed by atoms with E-state index in [-0.39, 0.29) is 5.91 Å². The van der Waals surface area contributed by atoms with Crippen molar-refractivity contribution in [3.05, 3.63) is 0 Å². The van der Waals surface area contributed by atoms with Crippen molar-refractivity contribution in [2.24, 2.45) is 5.73 Å². The van der Waals surface area contributed by atoms with Gasteiger partial charge in [0, 0.05) is 13.1 Å². The summed E-state index contributed by atoms with van der Waals surface area (Å²) in [5.74, 6) is 0.0526. The van der Waals surface area contributed by atoms with Crippen LogP contribution in [0.1, 0.15) is 19.3 Å². The van der Waals surface area contributed by atoms with Crippen LogP contribution < -0.4 is 11.1 Å². The first-order valence-electron chi connectivity index (χ1n) is 4.88. The lowest BCUT2D eigenvalue weighted by atomic mass is 9.77. The summed E-state index contributed by atoms with van der Waals surface area (Å²) in [5.41, 5.74) is 5.35. The van der Waals surface area contributed by atoms with Gasteiger partial charge in [0.2, 0.25) is 5.91 Å². The van der Waals surface area contributed by atoms with Crippen LogP contribution in [-0.4, -0.2) is 42.5 Å². The molecule has 4 nitrogen and oxygen atoms in total. The molecule has 2 fully saturated rings. The van der Waals surface area contributed by atoms with Crippen LogP contribution in [0.3, 0.4) is 0 Å². The second-order valence-electron chi connectivity index (χ2n) is 4.40.